The fourth-order valence-electron chi connectivity index (χ4n) is 3.12. The van der Waals surface area contributed by atoms with Crippen molar-refractivity contribution in [1.82, 2.24) is 5.32 Å². The van der Waals surface area contributed by atoms with Gasteiger partial charge in [0.25, 0.3) is 15.9 Å². The molecule has 3 aromatic rings. The summed E-state index contributed by atoms with van der Waals surface area (Å²) in [5.74, 6) is -0.178. The number of hydrogen-bond donors (Lipinski definition) is 1. The number of amides is 1. The number of nitrogens with one attached hydrogen (secondary N) is 1. The fourth-order valence-corrected chi connectivity index (χ4v) is 4.75. The molecule has 0 aromatic heterocycles. The monoisotopic (exact) mass is 470 g/mol. The molecule has 0 spiro atoms. The van der Waals surface area contributed by atoms with Gasteiger partial charge in [0.05, 0.1) is 17.1 Å². The standard InChI is InChI=1S/C25H27ClN2O3S/c1-18-8-14-23(15-9-18)32(30,31)28(22-7-5-6-21(26)16-22)17-19-10-12-20(13-11-19)24(29)27-25(2,3)4/h5-16H,17H2,1-4H3,(H,27,29). The van der Waals surface area contributed by atoms with E-state index in [0.29, 0.717) is 16.3 Å². The number of anilines is 1. The van der Waals surface area contributed by atoms with Gasteiger partial charge in [0.15, 0.2) is 0 Å². The molecule has 0 radical (unpaired) electrons. The van der Waals surface area contributed by atoms with Crippen LogP contribution in [-0.2, 0) is 16.6 Å². The quantitative estimate of drug-likeness (QED) is 0.512. The van der Waals surface area contributed by atoms with Gasteiger partial charge in [0, 0.05) is 16.1 Å². The molecule has 7 heteroatoms. The number of hydrogen-bond acceptors (Lipinski definition) is 3. The first-order valence-electron chi connectivity index (χ1n) is 10.2. The Morgan fingerprint density at radius 3 is 2.16 bits per heavy atom. The second-order valence-corrected chi connectivity index (χ2v) is 11.0. The maximum atomic E-state index is 13.5. The molecule has 0 saturated carbocycles. The summed E-state index contributed by atoms with van der Waals surface area (Å²) in [5, 5.41) is 3.36. The van der Waals surface area contributed by atoms with Crippen LogP contribution < -0.4 is 9.62 Å². The zero-order valence-electron chi connectivity index (χ0n) is 18.6. The van der Waals surface area contributed by atoms with Crippen molar-refractivity contribution in [3.05, 3.63) is 94.5 Å². The zero-order valence-corrected chi connectivity index (χ0v) is 20.2. The molecule has 3 rings (SSSR count). The summed E-state index contributed by atoms with van der Waals surface area (Å²) in [6.45, 7) is 7.74. The molecule has 3 aromatic carbocycles. The maximum absolute atomic E-state index is 13.5. The summed E-state index contributed by atoms with van der Waals surface area (Å²) in [5.41, 5.74) is 2.35. The van der Waals surface area contributed by atoms with Crippen molar-refractivity contribution in [2.75, 3.05) is 4.31 Å². The molecule has 0 aliphatic carbocycles. The minimum Gasteiger partial charge on any atom is -0.347 e. The molecule has 0 heterocycles. The minimum atomic E-state index is -3.84. The lowest BCUT2D eigenvalue weighted by atomic mass is 10.1. The van der Waals surface area contributed by atoms with E-state index in [1.54, 1.807) is 72.8 Å². The SMILES string of the molecule is Cc1ccc(S(=O)(=O)N(Cc2ccc(C(=O)NC(C)(C)C)cc2)c2cccc(Cl)c2)cc1. The third kappa shape index (κ3) is 5.90. The van der Waals surface area contributed by atoms with E-state index in [4.69, 9.17) is 11.6 Å². The smallest absolute Gasteiger partial charge is 0.264 e. The van der Waals surface area contributed by atoms with Gasteiger partial charge in [-0.15, -0.1) is 0 Å². The lowest BCUT2D eigenvalue weighted by Crippen LogP contribution is -2.40. The number of carbonyl (C=O) groups excluding carboxylic acids is 1. The van der Waals surface area contributed by atoms with Crippen LogP contribution in [0.1, 0.15) is 42.3 Å². The highest BCUT2D eigenvalue weighted by Gasteiger charge is 2.25. The molecular weight excluding hydrogens is 444 g/mol. The number of benzene rings is 3. The minimum absolute atomic E-state index is 0.0950. The first-order valence-corrected chi connectivity index (χ1v) is 12.0. The molecule has 0 aliphatic heterocycles. The van der Waals surface area contributed by atoms with Gasteiger partial charge in [-0.1, -0.05) is 47.5 Å². The van der Waals surface area contributed by atoms with Crippen LogP contribution in [0.15, 0.2) is 77.7 Å². The number of aryl methyl sites for hydroxylation is 1. The van der Waals surface area contributed by atoms with Crippen molar-refractivity contribution < 1.29 is 13.2 Å². The van der Waals surface area contributed by atoms with Crippen LogP contribution in [0, 0.1) is 6.92 Å². The van der Waals surface area contributed by atoms with Gasteiger partial charge in [0.1, 0.15) is 0 Å². The molecule has 1 amide bonds. The Labute approximate surface area is 195 Å². The number of nitrogens with zero attached hydrogens (tertiary/aromatic N) is 1. The van der Waals surface area contributed by atoms with Gasteiger partial charge in [-0.3, -0.25) is 9.10 Å². The Hall–Kier alpha value is -2.83. The van der Waals surface area contributed by atoms with E-state index >= 15 is 0 Å². The predicted molar refractivity (Wildman–Crippen MR) is 130 cm³/mol. The average Bonchev–Trinajstić information content (AvgIpc) is 2.71. The Bertz CT molecular complexity index is 1200. The van der Waals surface area contributed by atoms with Crippen LogP contribution in [-0.4, -0.2) is 19.9 Å². The van der Waals surface area contributed by atoms with Crippen LogP contribution in [0.2, 0.25) is 5.02 Å². The van der Waals surface area contributed by atoms with Crippen LogP contribution in [0.25, 0.3) is 0 Å². The summed E-state index contributed by atoms with van der Waals surface area (Å²) in [4.78, 5) is 12.6. The first kappa shape index (κ1) is 23.8. The molecule has 0 bridgehead atoms. The Morgan fingerprint density at radius 1 is 0.969 bits per heavy atom. The van der Waals surface area contributed by atoms with Gasteiger partial charge >= 0.3 is 0 Å². The van der Waals surface area contributed by atoms with Crippen molar-refractivity contribution in [3.8, 4) is 0 Å². The van der Waals surface area contributed by atoms with Crippen molar-refractivity contribution >= 4 is 33.2 Å². The van der Waals surface area contributed by atoms with Crippen LogP contribution in [0.3, 0.4) is 0 Å². The maximum Gasteiger partial charge on any atom is 0.264 e. The molecule has 0 unspecified atom stereocenters. The largest absolute Gasteiger partial charge is 0.347 e. The Morgan fingerprint density at radius 2 is 1.59 bits per heavy atom. The van der Waals surface area contributed by atoms with Crippen molar-refractivity contribution in [1.29, 1.82) is 0 Å². The summed E-state index contributed by atoms with van der Waals surface area (Å²) in [6.07, 6.45) is 0. The van der Waals surface area contributed by atoms with Crippen LogP contribution in [0.5, 0.6) is 0 Å². The third-order valence-electron chi connectivity index (χ3n) is 4.74. The Balaban J connectivity index is 1.95. The van der Waals surface area contributed by atoms with Crippen molar-refractivity contribution in [2.45, 2.75) is 44.7 Å². The van der Waals surface area contributed by atoms with E-state index in [0.717, 1.165) is 11.1 Å². The van der Waals surface area contributed by atoms with E-state index < -0.39 is 10.0 Å². The molecule has 0 saturated heterocycles. The third-order valence-corrected chi connectivity index (χ3v) is 6.76. The molecule has 5 nitrogen and oxygen atoms in total. The van der Waals surface area contributed by atoms with Gasteiger partial charge in [-0.05, 0) is 75.7 Å². The number of carbonyl (C=O) groups is 1. The molecule has 1 N–H and O–H groups in total. The summed E-state index contributed by atoms with van der Waals surface area (Å²) < 4.78 is 28.3. The van der Waals surface area contributed by atoms with Crippen molar-refractivity contribution in [2.24, 2.45) is 0 Å². The van der Waals surface area contributed by atoms with E-state index in [2.05, 4.69) is 5.32 Å². The second-order valence-electron chi connectivity index (χ2n) is 8.71. The van der Waals surface area contributed by atoms with Crippen LogP contribution in [0.4, 0.5) is 5.69 Å². The van der Waals surface area contributed by atoms with Crippen molar-refractivity contribution in [3.63, 3.8) is 0 Å². The highest BCUT2D eigenvalue weighted by molar-refractivity contribution is 7.92. The highest BCUT2D eigenvalue weighted by Crippen LogP contribution is 2.28. The topological polar surface area (TPSA) is 66.5 Å². The number of sulfonamides is 1. The normalized spacial score (nSPS) is 11.8. The lowest BCUT2D eigenvalue weighted by Gasteiger charge is -2.25. The van der Waals surface area contributed by atoms with Crippen LogP contribution >= 0.6 is 11.6 Å². The van der Waals surface area contributed by atoms with E-state index in [-0.39, 0.29) is 22.9 Å². The molecule has 168 valence electrons. The summed E-state index contributed by atoms with van der Waals surface area (Å²) in [6, 6.07) is 20.4. The van der Waals surface area contributed by atoms with Gasteiger partial charge in [-0.2, -0.15) is 0 Å². The van der Waals surface area contributed by atoms with Gasteiger partial charge < -0.3 is 5.32 Å². The number of rotatable bonds is 6. The Kier molecular flexibility index (Phi) is 6.96. The second kappa shape index (κ2) is 9.35. The van der Waals surface area contributed by atoms with Gasteiger partial charge in [0.2, 0.25) is 0 Å². The zero-order chi connectivity index (χ0) is 23.5. The highest BCUT2D eigenvalue weighted by atomic mass is 35.5. The fraction of sp³-hybridized carbons (Fsp3) is 0.240. The summed E-state index contributed by atoms with van der Waals surface area (Å²) >= 11 is 6.15. The molecule has 0 aliphatic rings. The van der Waals surface area contributed by atoms with E-state index in [1.165, 1.54) is 4.31 Å². The van der Waals surface area contributed by atoms with E-state index in [9.17, 15) is 13.2 Å². The lowest BCUT2D eigenvalue weighted by molar-refractivity contribution is 0.0919. The molecule has 0 fully saturated rings. The average molecular weight is 471 g/mol. The molecule has 32 heavy (non-hydrogen) atoms. The van der Waals surface area contributed by atoms with Gasteiger partial charge in [-0.25, -0.2) is 8.42 Å². The molecule has 0 atom stereocenters. The predicted octanol–water partition coefficient (Wildman–Crippen LogP) is 5.57. The first-order chi connectivity index (χ1) is 15.0. The summed E-state index contributed by atoms with van der Waals surface area (Å²) in [7, 11) is -3.84. The van der Waals surface area contributed by atoms with E-state index in [1.807, 2.05) is 27.7 Å². The number of halogens is 1. The molecular formula is C25H27ClN2O3S.